The Morgan fingerprint density at radius 1 is 0.964 bits per heavy atom. The molecule has 0 aromatic rings. The molecule has 0 bridgehead atoms. The molecule has 0 saturated carbocycles. The van der Waals surface area contributed by atoms with Gasteiger partial charge in [-0.05, 0) is 45.1 Å². The summed E-state index contributed by atoms with van der Waals surface area (Å²) in [6.45, 7) is 2.96. The maximum absolute atomic E-state index is 11.1. The van der Waals surface area contributed by atoms with Crippen LogP contribution in [0.25, 0.3) is 0 Å². The average molecular weight is 414 g/mol. The van der Waals surface area contributed by atoms with Crippen LogP contribution < -0.4 is 5.32 Å². The van der Waals surface area contributed by atoms with E-state index >= 15 is 0 Å². The van der Waals surface area contributed by atoms with Crippen LogP contribution in [0.4, 0.5) is 0 Å². The van der Waals surface area contributed by atoms with Crippen LogP contribution in [0.3, 0.4) is 0 Å². The van der Waals surface area contributed by atoms with Gasteiger partial charge in [-0.2, -0.15) is 0 Å². The predicted molar refractivity (Wildman–Crippen MR) is 122 cm³/mol. The first-order chi connectivity index (χ1) is 13.6. The summed E-state index contributed by atoms with van der Waals surface area (Å²) in [6.07, 6.45) is 25.7. The maximum Gasteiger partial charge on any atom is 0.320 e. The molecule has 4 nitrogen and oxygen atoms in total. The van der Waals surface area contributed by atoms with E-state index in [0.717, 1.165) is 25.8 Å². The van der Waals surface area contributed by atoms with Crippen molar-refractivity contribution in [2.45, 2.75) is 96.4 Å². The van der Waals surface area contributed by atoms with Gasteiger partial charge in [0.05, 0.1) is 6.26 Å². The summed E-state index contributed by atoms with van der Waals surface area (Å²) in [7, 11) is 0. The van der Waals surface area contributed by atoms with Crippen molar-refractivity contribution in [2.75, 3.05) is 18.6 Å². The highest BCUT2D eigenvalue weighted by atomic mass is 32.2. The van der Waals surface area contributed by atoms with Crippen molar-refractivity contribution in [2.24, 2.45) is 0 Å². The quantitative estimate of drug-likeness (QED) is 0.154. The number of carboxylic acid groups (broad SMARTS) is 1. The van der Waals surface area contributed by atoms with E-state index in [4.69, 9.17) is 5.11 Å². The van der Waals surface area contributed by atoms with Crippen molar-refractivity contribution in [1.29, 1.82) is 0 Å². The largest absolute Gasteiger partial charge is 0.617 e. The highest BCUT2D eigenvalue weighted by Crippen LogP contribution is 2.08. The molecular formula is C23H43NO3S. The lowest BCUT2D eigenvalue weighted by atomic mass is 10.1. The van der Waals surface area contributed by atoms with Gasteiger partial charge in [-0.3, -0.25) is 4.79 Å². The summed E-state index contributed by atoms with van der Waals surface area (Å²) in [5.74, 6) is -0.404. The average Bonchev–Trinajstić information content (AvgIpc) is 2.66. The van der Waals surface area contributed by atoms with E-state index in [2.05, 4.69) is 36.5 Å². The third-order valence-corrected chi connectivity index (χ3v) is 5.57. The number of allylic oxidation sites excluding steroid dienone is 4. The first kappa shape index (κ1) is 27.2. The zero-order chi connectivity index (χ0) is 20.9. The minimum atomic E-state index is -0.934. The van der Waals surface area contributed by atoms with Crippen molar-refractivity contribution in [3.8, 4) is 0 Å². The number of rotatable bonds is 20. The Balaban J connectivity index is 3.42. The SMILES string of the molecule is CCCCC/C=C\C/C=C\CCCCCCCCN[C@@H](CC[S+](C)[O-])C(=O)O. The fraction of sp³-hybridized carbons (Fsp3) is 0.783. The van der Waals surface area contributed by atoms with Crippen molar-refractivity contribution >= 4 is 17.1 Å². The Morgan fingerprint density at radius 2 is 1.54 bits per heavy atom. The number of hydrogen-bond donors (Lipinski definition) is 2. The first-order valence-electron chi connectivity index (χ1n) is 11.1. The Hall–Kier alpha value is -0.780. The van der Waals surface area contributed by atoms with Gasteiger partial charge in [-0.1, -0.05) is 80.9 Å². The van der Waals surface area contributed by atoms with Crippen LogP contribution in [0.15, 0.2) is 24.3 Å². The summed E-state index contributed by atoms with van der Waals surface area (Å²) in [5, 5.41) is 12.2. The fourth-order valence-electron chi connectivity index (χ4n) is 2.99. The highest BCUT2D eigenvalue weighted by Gasteiger charge is 2.17. The van der Waals surface area contributed by atoms with Gasteiger partial charge >= 0.3 is 5.97 Å². The van der Waals surface area contributed by atoms with Gasteiger partial charge in [0.2, 0.25) is 0 Å². The van der Waals surface area contributed by atoms with Gasteiger partial charge in [0.15, 0.2) is 0 Å². The molecule has 164 valence electrons. The van der Waals surface area contributed by atoms with Crippen LogP contribution in [0.1, 0.15) is 90.4 Å². The van der Waals surface area contributed by atoms with Crippen molar-refractivity contribution in [3.63, 3.8) is 0 Å². The van der Waals surface area contributed by atoms with Gasteiger partial charge in [0, 0.05) is 6.42 Å². The van der Waals surface area contributed by atoms with E-state index in [-0.39, 0.29) is 0 Å². The number of unbranched alkanes of at least 4 members (excludes halogenated alkanes) is 9. The molecule has 0 saturated heterocycles. The fourth-order valence-corrected chi connectivity index (χ4v) is 3.55. The van der Waals surface area contributed by atoms with E-state index in [1.165, 1.54) is 57.8 Å². The number of carbonyl (C=O) groups is 1. The van der Waals surface area contributed by atoms with Crippen LogP contribution in [0.2, 0.25) is 0 Å². The molecule has 0 aliphatic carbocycles. The van der Waals surface area contributed by atoms with Gasteiger partial charge in [-0.25, -0.2) is 0 Å². The molecule has 0 aromatic heterocycles. The molecule has 0 aromatic carbocycles. The molecular weight excluding hydrogens is 370 g/mol. The summed E-state index contributed by atoms with van der Waals surface area (Å²) in [4.78, 5) is 11.1. The van der Waals surface area contributed by atoms with E-state index in [1.54, 1.807) is 6.26 Å². The first-order valence-corrected chi connectivity index (χ1v) is 12.9. The van der Waals surface area contributed by atoms with Crippen molar-refractivity contribution < 1.29 is 14.5 Å². The van der Waals surface area contributed by atoms with Crippen LogP contribution in [-0.2, 0) is 16.0 Å². The third kappa shape index (κ3) is 20.0. The summed E-state index contributed by atoms with van der Waals surface area (Å²) in [5.41, 5.74) is 0. The lowest BCUT2D eigenvalue weighted by molar-refractivity contribution is -0.139. The Labute approximate surface area is 176 Å². The lowest BCUT2D eigenvalue weighted by Crippen LogP contribution is -2.38. The van der Waals surface area contributed by atoms with E-state index in [9.17, 15) is 9.35 Å². The van der Waals surface area contributed by atoms with E-state index < -0.39 is 23.2 Å². The van der Waals surface area contributed by atoms with E-state index in [0.29, 0.717) is 12.2 Å². The molecule has 5 heteroatoms. The maximum atomic E-state index is 11.1. The van der Waals surface area contributed by atoms with Gasteiger partial charge in [-0.15, -0.1) is 0 Å². The van der Waals surface area contributed by atoms with Crippen LogP contribution in [0.5, 0.6) is 0 Å². The van der Waals surface area contributed by atoms with Crippen LogP contribution in [-0.4, -0.2) is 40.2 Å². The molecule has 0 spiro atoms. The molecule has 0 rings (SSSR count). The second kappa shape index (κ2) is 20.9. The summed E-state index contributed by atoms with van der Waals surface area (Å²) < 4.78 is 11.1. The molecule has 2 atom stereocenters. The minimum Gasteiger partial charge on any atom is -0.617 e. The minimum absolute atomic E-state index is 0.431. The summed E-state index contributed by atoms with van der Waals surface area (Å²) >= 11 is -0.934. The van der Waals surface area contributed by atoms with Gasteiger partial charge in [0.1, 0.15) is 11.8 Å². The zero-order valence-corrected chi connectivity index (χ0v) is 19.0. The Bertz CT molecular complexity index is 411. The van der Waals surface area contributed by atoms with Crippen LogP contribution in [0, 0.1) is 0 Å². The second-order valence-corrected chi connectivity index (χ2v) is 9.05. The molecule has 0 aliphatic heterocycles. The molecule has 0 radical (unpaired) electrons. The number of aliphatic carboxylic acids is 1. The number of nitrogens with one attached hydrogen (secondary N) is 1. The Morgan fingerprint density at radius 3 is 2.11 bits per heavy atom. The molecule has 0 aliphatic rings. The zero-order valence-electron chi connectivity index (χ0n) is 18.2. The predicted octanol–water partition coefficient (Wildman–Crippen LogP) is 5.61. The van der Waals surface area contributed by atoms with Crippen molar-refractivity contribution in [3.05, 3.63) is 24.3 Å². The normalized spacial score (nSPS) is 14.1. The van der Waals surface area contributed by atoms with Crippen molar-refractivity contribution in [1.82, 2.24) is 5.32 Å². The van der Waals surface area contributed by atoms with Gasteiger partial charge in [0.25, 0.3) is 0 Å². The lowest BCUT2D eigenvalue weighted by Gasteiger charge is -2.14. The molecule has 2 N–H and O–H groups in total. The Kier molecular flexibility index (Phi) is 20.4. The second-order valence-electron chi connectivity index (χ2n) is 7.50. The molecule has 0 fully saturated rings. The molecule has 1 unspecified atom stereocenters. The van der Waals surface area contributed by atoms with Crippen LogP contribution >= 0.6 is 0 Å². The molecule has 28 heavy (non-hydrogen) atoms. The molecule has 0 amide bonds. The monoisotopic (exact) mass is 413 g/mol. The number of hydrogen-bond acceptors (Lipinski definition) is 3. The standard InChI is InChI=1S/C23H43NO3S/c1-3-4-5-6-7-8-9-10-11-12-13-14-15-16-17-18-20-24-22(23(25)26)19-21-28(2)27/h7-8,10-11,22,24H,3-6,9,12-21H2,1-2H3,(H,25,26)/b8-7-,11-10-/t22-,28?/m0/s1. The highest BCUT2D eigenvalue weighted by molar-refractivity contribution is 7.90. The number of carboxylic acids is 1. The topological polar surface area (TPSA) is 72.4 Å². The van der Waals surface area contributed by atoms with Gasteiger partial charge < -0.3 is 15.0 Å². The van der Waals surface area contributed by atoms with E-state index in [1.807, 2.05) is 0 Å². The summed E-state index contributed by atoms with van der Waals surface area (Å²) in [6, 6.07) is -0.568. The molecule has 0 heterocycles. The smallest absolute Gasteiger partial charge is 0.320 e. The third-order valence-electron chi connectivity index (χ3n) is 4.76.